The van der Waals surface area contributed by atoms with Crippen molar-refractivity contribution in [3.8, 4) is 11.4 Å². The van der Waals surface area contributed by atoms with Gasteiger partial charge in [0, 0.05) is 36.9 Å². The van der Waals surface area contributed by atoms with Gasteiger partial charge in [0.05, 0.1) is 12.1 Å². The molecule has 0 fully saturated rings. The Bertz CT molecular complexity index is 615. The average molecular weight is 306 g/mol. The minimum Gasteiger partial charge on any atom is -0.343 e. The molecule has 0 aliphatic rings. The van der Waals surface area contributed by atoms with Gasteiger partial charge in [-0.3, -0.25) is 4.79 Å². The van der Waals surface area contributed by atoms with Crippen molar-refractivity contribution in [2.24, 2.45) is 7.05 Å². The van der Waals surface area contributed by atoms with Crippen LogP contribution in [0, 0.1) is 0 Å². The Morgan fingerprint density at radius 1 is 1.24 bits per heavy atom. The van der Waals surface area contributed by atoms with Crippen LogP contribution in [0.25, 0.3) is 11.4 Å². The number of hydrogen-bond donors (Lipinski definition) is 0. The van der Waals surface area contributed by atoms with Gasteiger partial charge in [0.2, 0.25) is 5.91 Å². The first-order valence-electron chi connectivity index (χ1n) is 7.11. The maximum absolute atomic E-state index is 12.1. The molecule has 0 aliphatic carbocycles. The minimum absolute atomic E-state index is 0.112. The van der Waals surface area contributed by atoms with Crippen LogP contribution in [0.4, 0.5) is 0 Å². The third-order valence-electron chi connectivity index (χ3n) is 3.48. The predicted molar refractivity (Wildman–Crippen MR) is 85.3 cm³/mol. The van der Waals surface area contributed by atoms with Crippen LogP contribution < -0.4 is 0 Å². The van der Waals surface area contributed by atoms with E-state index in [4.69, 9.17) is 11.6 Å². The molecule has 0 spiro atoms. The first-order chi connectivity index (χ1) is 10.0. The topological polar surface area (TPSA) is 38.1 Å². The number of aromatic nitrogens is 2. The van der Waals surface area contributed by atoms with Gasteiger partial charge in [-0.25, -0.2) is 4.98 Å². The number of carbonyl (C=O) groups excluding carboxylic acids is 1. The minimum atomic E-state index is 0.112. The Morgan fingerprint density at radius 3 is 2.43 bits per heavy atom. The lowest BCUT2D eigenvalue weighted by atomic mass is 10.2. The number of imidazole rings is 1. The molecular weight excluding hydrogens is 286 g/mol. The molecule has 1 heterocycles. The van der Waals surface area contributed by atoms with E-state index in [1.807, 2.05) is 60.8 Å². The molecular formula is C16H20ClN3O. The van der Waals surface area contributed by atoms with Crippen molar-refractivity contribution in [1.29, 1.82) is 0 Å². The molecule has 1 amide bonds. The van der Waals surface area contributed by atoms with Crippen molar-refractivity contribution in [1.82, 2.24) is 14.5 Å². The van der Waals surface area contributed by atoms with E-state index in [0.29, 0.717) is 11.4 Å². The zero-order valence-corrected chi connectivity index (χ0v) is 13.4. The van der Waals surface area contributed by atoms with E-state index >= 15 is 0 Å². The molecule has 0 saturated carbocycles. The molecule has 0 atom stereocenters. The molecule has 0 saturated heterocycles. The van der Waals surface area contributed by atoms with E-state index in [-0.39, 0.29) is 5.91 Å². The molecule has 112 valence electrons. The van der Waals surface area contributed by atoms with Gasteiger partial charge >= 0.3 is 0 Å². The van der Waals surface area contributed by atoms with E-state index in [1.54, 1.807) is 0 Å². The van der Waals surface area contributed by atoms with Gasteiger partial charge in [0.1, 0.15) is 5.82 Å². The standard InChI is InChI=1S/C16H20ClN3O/c1-4-20(5-2)15(21)10-14-11-19(3)16(18-14)12-6-8-13(17)9-7-12/h6-9,11H,4-5,10H2,1-3H3. The van der Waals surface area contributed by atoms with E-state index in [1.165, 1.54) is 0 Å². The van der Waals surface area contributed by atoms with Crippen LogP contribution in [-0.4, -0.2) is 33.4 Å². The van der Waals surface area contributed by atoms with Gasteiger partial charge in [0.25, 0.3) is 0 Å². The Balaban J connectivity index is 2.19. The van der Waals surface area contributed by atoms with Crippen LogP contribution in [-0.2, 0) is 18.3 Å². The molecule has 0 bridgehead atoms. The summed E-state index contributed by atoms with van der Waals surface area (Å²) in [6, 6.07) is 7.54. The zero-order chi connectivity index (χ0) is 15.4. The first-order valence-corrected chi connectivity index (χ1v) is 7.48. The van der Waals surface area contributed by atoms with Crippen LogP contribution in [0.15, 0.2) is 30.5 Å². The van der Waals surface area contributed by atoms with Crippen LogP contribution >= 0.6 is 11.6 Å². The normalized spacial score (nSPS) is 10.7. The second-order valence-corrected chi connectivity index (χ2v) is 5.35. The van der Waals surface area contributed by atoms with Crippen molar-refractivity contribution in [2.45, 2.75) is 20.3 Å². The quantitative estimate of drug-likeness (QED) is 0.851. The lowest BCUT2D eigenvalue weighted by Gasteiger charge is -2.17. The number of rotatable bonds is 5. The molecule has 0 aliphatic heterocycles. The maximum Gasteiger partial charge on any atom is 0.228 e. The predicted octanol–water partition coefficient (Wildman–Crippen LogP) is 3.15. The SMILES string of the molecule is CCN(CC)C(=O)Cc1cn(C)c(-c2ccc(Cl)cc2)n1. The van der Waals surface area contributed by atoms with Crippen molar-refractivity contribution in [2.75, 3.05) is 13.1 Å². The Morgan fingerprint density at radius 2 is 1.86 bits per heavy atom. The summed E-state index contributed by atoms with van der Waals surface area (Å²) in [4.78, 5) is 18.5. The van der Waals surface area contributed by atoms with Crippen molar-refractivity contribution < 1.29 is 4.79 Å². The Labute approximate surface area is 130 Å². The third kappa shape index (κ3) is 3.64. The lowest BCUT2D eigenvalue weighted by Crippen LogP contribution is -2.31. The van der Waals surface area contributed by atoms with E-state index in [9.17, 15) is 4.79 Å². The van der Waals surface area contributed by atoms with Gasteiger partial charge in [-0.05, 0) is 38.1 Å². The molecule has 0 radical (unpaired) electrons. The molecule has 1 aromatic heterocycles. The van der Waals surface area contributed by atoms with E-state index in [0.717, 1.165) is 30.2 Å². The molecule has 4 nitrogen and oxygen atoms in total. The second-order valence-electron chi connectivity index (χ2n) is 4.92. The Hall–Kier alpha value is -1.81. The summed E-state index contributed by atoms with van der Waals surface area (Å²) in [6.45, 7) is 5.43. The zero-order valence-electron chi connectivity index (χ0n) is 12.6. The van der Waals surface area contributed by atoms with Crippen LogP contribution in [0.5, 0.6) is 0 Å². The maximum atomic E-state index is 12.1. The lowest BCUT2D eigenvalue weighted by molar-refractivity contribution is -0.130. The van der Waals surface area contributed by atoms with E-state index < -0.39 is 0 Å². The van der Waals surface area contributed by atoms with Crippen LogP contribution in [0.3, 0.4) is 0 Å². The number of amides is 1. The van der Waals surface area contributed by atoms with Gasteiger partial charge in [-0.2, -0.15) is 0 Å². The highest BCUT2D eigenvalue weighted by Gasteiger charge is 2.14. The molecule has 0 unspecified atom stereocenters. The highest BCUT2D eigenvalue weighted by atomic mass is 35.5. The van der Waals surface area contributed by atoms with Crippen LogP contribution in [0.2, 0.25) is 5.02 Å². The third-order valence-corrected chi connectivity index (χ3v) is 3.73. The summed E-state index contributed by atoms with van der Waals surface area (Å²) in [6.07, 6.45) is 2.24. The fourth-order valence-corrected chi connectivity index (χ4v) is 2.45. The molecule has 5 heteroatoms. The molecule has 1 aromatic carbocycles. The number of halogens is 1. The number of nitrogens with zero attached hydrogens (tertiary/aromatic N) is 3. The van der Waals surface area contributed by atoms with Crippen LogP contribution in [0.1, 0.15) is 19.5 Å². The van der Waals surface area contributed by atoms with Gasteiger partial charge < -0.3 is 9.47 Å². The second kappa shape index (κ2) is 6.76. The summed E-state index contributed by atoms with van der Waals surface area (Å²) in [5, 5.41) is 0.699. The molecule has 2 aromatic rings. The number of aryl methyl sites for hydroxylation is 1. The number of hydrogen-bond acceptors (Lipinski definition) is 2. The summed E-state index contributed by atoms with van der Waals surface area (Å²) < 4.78 is 1.94. The number of benzene rings is 1. The molecule has 21 heavy (non-hydrogen) atoms. The first kappa shape index (κ1) is 15.6. The van der Waals surface area contributed by atoms with Gasteiger partial charge in [0.15, 0.2) is 0 Å². The largest absolute Gasteiger partial charge is 0.343 e. The highest BCUT2D eigenvalue weighted by molar-refractivity contribution is 6.30. The number of carbonyl (C=O) groups is 1. The van der Waals surface area contributed by atoms with E-state index in [2.05, 4.69) is 4.98 Å². The van der Waals surface area contributed by atoms with Gasteiger partial charge in [-0.15, -0.1) is 0 Å². The summed E-state index contributed by atoms with van der Waals surface area (Å²) in [7, 11) is 1.93. The highest BCUT2D eigenvalue weighted by Crippen LogP contribution is 2.20. The Kier molecular flexibility index (Phi) is 5.02. The number of likely N-dealkylation sites (N-methyl/N-ethyl adjacent to an activating group) is 1. The summed E-state index contributed by atoms with van der Waals surface area (Å²) >= 11 is 5.90. The fourth-order valence-electron chi connectivity index (χ4n) is 2.32. The average Bonchev–Trinajstić information content (AvgIpc) is 2.81. The van der Waals surface area contributed by atoms with Crippen molar-refractivity contribution >= 4 is 17.5 Å². The monoisotopic (exact) mass is 305 g/mol. The fraction of sp³-hybridized carbons (Fsp3) is 0.375. The molecule has 2 rings (SSSR count). The van der Waals surface area contributed by atoms with Crippen molar-refractivity contribution in [3.05, 3.63) is 41.2 Å². The summed E-state index contributed by atoms with van der Waals surface area (Å²) in [5.74, 6) is 0.953. The summed E-state index contributed by atoms with van der Waals surface area (Å²) in [5.41, 5.74) is 1.78. The van der Waals surface area contributed by atoms with Gasteiger partial charge in [-0.1, -0.05) is 11.6 Å². The molecule has 0 N–H and O–H groups in total. The smallest absolute Gasteiger partial charge is 0.228 e. The van der Waals surface area contributed by atoms with Crippen molar-refractivity contribution in [3.63, 3.8) is 0 Å².